The average Bonchev–Trinajstić information content (AvgIpc) is 3.43. The molecule has 0 saturated carbocycles. The minimum atomic E-state index is -5.82. The van der Waals surface area contributed by atoms with Crippen LogP contribution in [0, 0.1) is 6.92 Å². The summed E-state index contributed by atoms with van der Waals surface area (Å²) in [4.78, 5) is 30.1. The molecule has 0 aliphatic carbocycles. The first kappa shape index (κ1) is 30.0. The molecule has 4 rings (SSSR count). The summed E-state index contributed by atoms with van der Waals surface area (Å²) in [7, 11) is -3.58. The van der Waals surface area contributed by atoms with E-state index in [0.29, 0.717) is 23.3 Å². The van der Waals surface area contributed by atoms with E-state index in [1.165, 1.54) is 32.0 Å². The zero-order valence-electron chi connectivity index (χ0n) is 21.6. The quantitative estimate of drug-likeness (QED) is 0.413. The second-order valence-electron chi connectivity index (χ2n) is 9.56. The number of carbonyl (C=O) groups is 2. The number of halogens is 6. The average molecular weight is 605 g/mol. The van der Waals surface area contributed by atoms with Crippen molar-refractivity contribution in [3.8, 4) is 0 Å². The molecule has 0 radical (unpaired) electrons. The highest BCUT2D eigenvalue weighted by atomic mass is 32.2. The largest absolute Gasteiger partial charge is 0.407 e. The molecule has 0 fully saturated rings. The van der Waals surface area contributed by atoms with Crippen LogP contribution < -0.4 is 5.32 Å². The van der Waals surface area contributed by atoms with Crippen LogP contribution in [0.3, 0.4) is 0 Å². The molecule has 1 N–H and O–H groups in total. The van der Waals surface area contributed by atoms with Crippen molar-refractivity contribution in [3.63, 3.8) is 0 Å². The first-order valence-electron chi connectivity index (χ1n) is 11.8. The summed E-state index contributed by atoms with van der Waals surface area (Å²) in [6, 6.07) is 5.68. The van der Waals surface area contributed by atoms with Gasteiger partial charge in [-0.1, -0.05) is 23.4 Å². The Hall–Kier alpha value is -3.95. The summed E-state index contributed by atoms with van der Waals surface area (Å²) < 4.78 is 113. The van der Waals surface area contributed by atoms with E-state index in [2.05, 4.69) is 20.0 Å². The van der Waals surface area contributed by atoms with E-state index in [1.807, 2.05) is 0 Å². The van der Waals surface area contributed by atoms with E-state index in [1.54, 1.807) is 0 Å². The molecule has 1 aliphatic heterocycles. The molecule has 3 aromatic rings. The molecule has 41 heavy (non-hydrogen) atoms. The number of rotatable bonds is 6. The van der Waals surface area contributed by atoms with Crippen LogP contribution in [0.5, 0.6) is 0 Å². The van der Waals surface area contributed by atoms with Gasteiger partial charge in [0, 0.05) is 25.4 Å². The van der Waals surface area contributed by atoms with Gasteiger partial charge in [-0.25, -0.2) is 8.42 Å². The molecular formula is C25H22F6N4O5S. The predicted molar refractivity (Wildman–Crippen MR) is 130 cm³/mol. The number of alkyl halides is 6. The number of carbonyl (C=O) groups excluding carboxylic acids is 2. The Bertz CT molecular complexity index is 1590. The number of benzene rings is 2. The zero-order valence-corrected chi connectivity index (χ0v) is 22.4. The van der Waals surface area contributed by atoms with Crippen molar-refractivity contribution >= 4 is 27.3 Å². The van der Waals surface area contributed by atoms with E-state index >= 15 is 0 Å². The van der Waals surface area contributed by atoms with Crippen molar-refractivity contribution < 1.29 is 48.9 Å². The predicted octanol–water partition coefficient (Wildman–Crippen LogP) is 4.43. The van der Waals surface area contributed by atoms with Gasteiger partial charge >= 0.3 is 12.4 Å². The van der Waals surface area contributed by atoms with Crippen LogP contribution in [0.4, 0.5) is 32.0 Å². The standard InChI is InChI=1S/C25H22F6N4O5S/c1-13-32-20(40-34-13)11-23(24(26,27)28,25(29,30)31)16-4-6-17(7-5-16)33-22(37)21-19-9-8-18(41(3,38)39)10-15(19)12-35(21)14(2)36/h4-10,21H,11-12H2,1-3H3,(H,33,37). The molecule has 1 atom stereocenters. The Morgan fingerprint density at radius 2 is 1.66 bits per heavy atom. The third kappa shape index (κ3) is 5.52. The van der Waals surface area contributed by atoms with Crippen molar-refractivity contribution in [2.75, 3.05) is 11.6 Å². The summed E-state index contributed by atoms with van der Waals surface area (Å²) in [5, 5.41) is 5.68. The number of aryl methyl sites for hydroxylation is 1. The third-order valence-electron chi connectivity index (χ3n) is 6.74. The van der Waals surface area contributed by atoms with E-state index in [9.17, 15) is 44.3 Å². The van der Waals surface area contributed by atoms with Crippen molar-refractivity contribution in [2.24, 2.45) is 0 Å². The second kappa shape index (κ2) is 10.2. The molecule has 2 amide bonds. The molecular weight excluding hydrogens is 582 g/mol. The maximum atomic E-state index is 14.2. The SMILES string of the molecule is CC(=O)N1Cc2cc(S(C)(=O)=O)ccc2C1C(=O)Nc1ccc(C(Cc2nc(C)no2)(C(F)(F)F)C(F)(F)F)cc1. The van der Waals surface area contributed by atoms with Crippen LogP contribution >= 0.6 is 0 Å². The number of nitrogens with zero attached hydrogens (tertiary/aromatic N) is 3. The van der Waals surface area contributed by atoms with E-state index < -0.39 is 63.3 Å². The van der Waals surface area contributed by atoms with Crippen LogP contribution in [0.15, 0.2) is 51.9 Å². The summed E-state index contributed by atoms with van der Waals surface area (Å²) in [6.45, 7) is 2.35. The number of aromatic nitrogens is 2. The van der Waals surface area contributed by atoms with Crippen molar-refractivity contribution in [1.29, 1.82) is 0 Å². The van der Waals surface area contributed by atoms with Crippen molar-refractivity contribution in [1.82, 2.24) is 15.0 Å². The molecule has 1 aromatic heterocycles. The number of sulfone groups is 1. The first-order chi connectivity index (χ1) is 18.8. The number of nitrogens with one attached hydrogen (secondary N) is 1. The summed E-state index contributed by atoms with van der Waals surface area (Å²) in [5.74, 6) is -2.33. The Kier molecular flexibility index (Phi) is 7.43. The molecule has 1 unspecified atom stereocenters. The van der Waals surface area contributed by atoms with Gasteiger partial charge in [0.1, 0.15) is 6.04 Å². The molecule has 0 saturated heterocycles. The number of hydrogen-bond donors (Lipinski definition) is 1. The topological polar surface area (TPSA) is 122 Å². The fourth-order valence-electron chi connectivity index (χ4n) is 4.71. The van der Waals surface area contributed by atoms with Crippen molar-refractivity contribution in [3.05, 3.63) is 70.9 Å². The fourth-order valence-corrected chi connectivity index (χ4v) is 5.38. The van der Waals surface area contributed by atoms with E-state index in [0.717, 1.165) is 23.3 Å². The Morgan fingerprint density at radius 1 is 1.05 bits per heavy atom. The lowest BCUT2D eigenvalue weighted by molar-refractivity contribution is -0.304. The van der Waals surface area contributed by atoms with Gasteiger partial charge in [-0.15, -0.1) is 0 Å². The Labute approximate surface area is 229 Å². The maximum absolute atomic E-state index is 14.2. The maximum Gasteiger partial charge on any atom is 0.407 e. The molecule has 2 aromatic carbocycles. The molecule has 2 heterocycles. The number of fused-ring (bicyclic) bond motifs is 1. The normalized spacial score (nSPS) is 16.0. The highest BCUT2D eigenvalue weighted by molar-refractivity contribution is 7.90. The Balaban J connectivity index is 1.67. The molecule has 1 aliphatic rings. The van der Waals surface area contributed by atoms with Gasteiger partial charge in [0.2, 0.25) is 11.8 Å². The highest BCUT2D eigenvalue weighted by Crippen LogP contribution is 2.54. The van der Waals surface area contributed by atoms with E-state index in [-0.39, 0.29) is 23.0 Å². The number of anilines is 1. The molecule has 16 heteroatoms. The smallest absolute Gasteiger partial charge is 0.339 e. The summed E-state index contributed by atoms with van der Waals surface area (Å²) in [6.07, 6.45) is -12.3. The van der Waals surface area contributed by atoms with Crippen LogP contribution in [0.1, 0.15) is 41.4 Å². The number of hydrogen-bond acceptors (Lipinski definition) is 7. The third-order valence-corrected chi connectivity index (χ3v) is 7.85. The summed E-state index contributed by atoms with van der Waals surface area (Å²) >= 11 is 0. The lowest BCUT2D eigenvalue weighted by atomic mass is 9.75. The van der Waals surface area contributed by atoms with Crippen LogP contribution in [-0.4, -0.2) is 53.9 Å². The second-order valence-corrected chi connectivity index (χ2v) is 11.6. The van der Waals surface area contributed by atoms with Crippen LogP contribution in [0.25, 0.3) is 0 Å². The first-order valence-corrected chi connectivity index (χ1v) is 13.7. The molecule has 9 nitrogen and oxygen atoms in total. The lowest BCUT2D eigenvalue weighted by Gasteiger charge is -2.37. The summed E-state index contributed by atoms with van der Waals surface area (Å²) in [5.41, 5.74) is -4.99. The monoisotopic (exact) mass is 604 g/mol. The van der Waals surface area contributed by atoms with Crippen LogP contribution in [0.2, 0.25) is 0 Å². The van der Waals surface area contributed by atoms with Crippen LogP contribution in [-0.2, 0) is 37.8 Å². The van der Waals surface area contributed by atoms with E-state index in [4.69, 9.17) is 0 Å². The van der Waals surface area contributed by atoms with Gasteiger partial charge in [-0.2, -0.15) is 31.3 Å². The molecule has 0 spiro atoms. The van der Waals surface area contributed by atoms with Gasteiger partial charge < -0.3 is 14.7 Å². The van der Waals surface area contributed by atoms with Gasteiger partial charge in [0.15, 0.2) is 21.1 Å². The molecule has 0 bridgehead atoms. The van der Waals surface area contributed by atoms with Gasteiger partial charge in [-0.05, 0) is 47.9 Å². The molecule has 220 valence electrons. The van der Waals surface area contributed by atoms with Gasteiger partial charge in [0.25, 0.3) is 5.91 Å². The van der Waals surface area contributed by atoms with Gasteiger partial charge in [-0.3, -0.25) is 9.59 Å². The van der Waals surface area contributed by atoms with Gasteiger partial charge in [0.05, 0.1) is 11.3 Å². The Morgan fingerprint density at radius 3 is 2.15 bits per heavy atom. The highest BCUT2D eigenvalue weighted by Gasteiger charge is 2.72. The lowest BCUT2D eigenvalue weighted by Crippen LogP contribution is -2.55. The fraction of sp³-hybridized carbons (Fsp3) is 0.360. The minimum Gasteiger partial charge on any atom is -0.339 e. The number of amides is 2. The minimum absolute atomic E-state index is 0.0232. The zero-order chi connectivity index (χ0) is 30.5. The van der Waals surface area contributed by atoms with Crippen molar-refractivity contribution in [2.45, 2.75) is 55.5 Å².